The average Bonchev–Trinajstić information content (AvgIpc) is 2.74. The molecule has 3 rings (SSSR count). The van der Waals surface area contributed by atoms with Crippen LogP contribution < -0.4 is 0 Å². The van der Waals surface area contributed by atoms with E-state index in [1.165, 1.54) is 0 Å². The van der Waals surface area contributed by atoms with Crippen LogP contribution >= 0.6 is 15.9 Å². The average molecular weight is 273 g/mol. The highest BCUT2D eigenvalue weighted by Gasteiger charge is 2.09. The fourth-order valence-electron chi connectivity index (χ4n) is 1.87. The van der Waals surface area contributed by atoms with Gasteiger partial charge in [-0.1, -0.05) is 52.3 Å². The Morgan fingerprint density at radius 2 is 1.56 bits per heavy atom. The number of rotatable bonds is 1. The van der Waals surface area contributed by atoms with Crippen LogP contribution in [0.3, 0.4) is 0 Å². The molecule has 1 nitrogen and oxygen atoms in total. The fourth-order valence-corrected chi connectivity index (χ4v) is 2.36. The van der Waals surface area contributed by atoms with Crippen molar-refractivity contribution in [3.05, 3.63) is 59.3 Å². The molecule has 0 N–H and O–H groups in total. The number of halogens is 1. The van der Waals surface area contributed by atoms with Crippen LogP contribution in [0.4, 0.5) is 0 Å². The zero-order valence-corrected chi connectivity index (χ0v) is 10.1. The lowest BCUT2D eigenvalue weighted by Gasteiger charge is -2.01. The molecule has 0 aliphatic heterocycles. The van der Waals surface area contributed by atoms with E-state index in [1.807, 2.05) is 42.7 Å². The van der Waals surface area contributed by atoms with Gasteiger partial charge in [0, 0.05) is 15.4 Å². The van der Waals surface area contributed by atoms with Crippen LogP contribution in [-0.4, -0.2) is 0 Å². The number of hydrogen-bond donors (Lipinski definition) is 0. The van der Waals surface area contributed by atoms with Gasteiger partial charge >= 0.3 is 0 Å². The monoisotopic (exact) mass is 272 g/mol. The Balaban J connectivity index is 2.31. The molecule has 3 aromatic rings. The molecular weight excluding hydrogens is 264 g/mol. The minimum absolute atomic E-state index is 0.924. The van der Waals surface area contributed by atoms with Crippen LogP contribution in [0.15, 0.2) is 63.7 Å². The van der Waals surface area contributed by atoms with Crippen molar-refractivity contribution in [2.24, 2.45) is 0 Å². The second-order valence-electron chi connectivity index (χ2n) is 3.63. The van der Waals surface area contributed by atoms with Gasteiger partial charge in [-0.15, -0.1) is 0 Å². The molecule has 0 aliphatic carbocycles. The fraction of sp³-hybridized carbons (Fsp3) is 0. The summed E-state index contributed by atoms with van der Waals surface area (Å²) in [7, 11) is 0. The van der Waals surface area contributed by atoms with Crippen LogP contribution in [0.5, 0.6) is 0 Å². The van der Waals surface area contributed by atoms with Crippen LogP contribution in [-0.2, 0) is 0 Å². The molecule has 0 bridgehead atoms. The molecule has 0 fully saturated rings. The van der Waals surface area contributed by atoms with Gasteiger partial charge in [-0.2, -0.15) is 0 Å². The molecule has 0 radical (unpaired) electrons. The Hall–Kier alpha value is -1.54. The number of para-hydroxylation sites is 1. The van der Waals surface area contributed by atoms with Crippen molar-refractivity contribution in [2.75, 3.05) is 0 Å². The molecule has 1 heterocycles. The van der Waals surface area contributed by atoms with E-state index in [4.69, 9.17) is 4.42 Å². The molecule has 0 unspecified atom stereocenters. The third-order valence-corrected chi connectivity index (χ3v) is 3.34. The van der Waals surface area contributed by atoms with Crippen molar-refractivity contribution < 1.29 is 4.42 Å². The largest absolute Gasteiger partial charge is 0.464 e. The van der Waals surface area contributed by atoms with Crippen molar-refractivity contribution in [1.29, 1.82) is 0 Å². The van der Waals surface area contributed by atoms with Crippen molar-refractivity contribution in [3.8, 4) is 11.1 Å². The SMILES string of the molecule is Brc1ccccc1-c1coc2ccccc12. The second-order valence-corrected chi connectivity index (χ2v) is 4.48. The zero-order chi connectivity index (χ0) is 11.0. The topological polar surface area (TPSA) is 13.1 Å². The first-order valence-corrected chi connectivity index (χ1v) is 5.87. The molecule has 2 heteroatoms. The van der Waals surface area contributed by atoms with Crippen molar-refractivity contribution in [1.82, 2.24) is 0 Å². The summed E-state index contributed by atoms with van der Waals surface area (Å²) < 4.78 is 6.62. The quantitative estimate of drug-likeness (QED) is 0.617. The molecule has 0 atom stereocenters. The summed E-state index contributed by atoms with van der Waals surface area (Å²) >= 11 is 3.56. The number of furan rings is 1. The van der Waals surface area contributed by atoms with E-state index >= 15 is 0 Å². The maximum absolute atomic E-state index is 5.54. The highest BCUT2D eigenvalue weighted by Crippen LogP contribution is 2.34. The van der Waals surface area contributed by atoms with Crippen LogP contribution in [0.1, 0.15) is 0 Å². The lowest BCUT2D eigenvalue weighted by Crippen LogP contribution is -1.76. The van der Waals surface area contributed by atoms with Gasteiger partial charge < -0.3 is 4.42 Å². The first-order chi connectivity index (χ1) is 7.86. The third kappa shape index (κ3) is 1.46. The summed E-state index contributed by atoms with van der Waals surface area (Å²) in [6.45, 7) is 0. The Labute approximate surface area is 102 Å². The van der Waals surface area contributed by atoms with Crippen molar-refractivity contribution in [3.63, 3.8) is 0 Å². The molecule has 0 saturated heterocycles. The van der Waals surface area contributed by atoms with E-state index in [2.05, 4.69) is 28.1 Å². The smallest absolute Gasteiger partial charge is 0.134 e. The molecule has 16 heavy (non-hydrogen) atoms. The van der Waals surface area contributed by atoms with Gasteiger partial charge in [0.15, 0.2) is 0 Å². The van der Waals surface area contributed by atoms with Crippen molar-refractivity contribution >= 4 is 26.9 Å². The van der Waals surface area contributed by atoms with E-state index in [0.717, 1.165) is 26.6 Å². The first-order valence-electron chi connectivity index (χ1n) is 5.07. The second kappa shape index (κ2) is 3.80. The molecule has 2 aromatic carbocycles. The highest BCUT2D eigenvalue weighted by molar-refractivity contribution is 9.10. The predicted molar refractivity (Wildman–Crippen MR) is 69.4 cm³/mol. The molecule has 0 spiro atoms. The maximum Gasteiger partial charge on any atom is 0.134 e. The number of hydrogen-bond acceptors (Lipinski definition) is 1. The molecule has 0 saturated carbocycles. The van der Waals surface area contributed by atoms with E-state index in [-0.39, 0.29) is 0 Å². The van der Waals surface area contributed by atoms with Crippen LogP contribution in [0.2, 0.25) is 0 Å². The summed E-state index contributed by atoms with van der Waals surface area (Å²) in [5.74, 6) is 0. The van der Waals surface area contributed by atoms with Gasteiger partial charge in [0.1, 0.15) is 5.58 Å². The van der Waals surface area contributed by atoms with Crippen molar-refractivity contribution in [2.45, 2.75) is 0 Å². The minimum atomic E-state index is 0.924. The van der Waals surface area contributed by atoms with Gasteiger partial charge in [-0.25, -0.2) is 0 Å². The van der Waals surface area contributed by atoms with Gasteiger partial charge in [-0.3, -0.25) is 0 Å². The highest BCUT2D eigenvalue weighted by atomic mass is 79.9. The van der Waals surface area contributed by atoms with Crippen LogP contribution in [0, 0.1) is 0 Å². The standard InChI is InChI=1S/C14H9BrO/c15-13-7-3-1-5-10(13)12-9-16-14-8-4-2-6-11(12)14/h1-9H. The predicted octanol–water partition coefficient (Wildman–Crippen LogP) is 4.86. The molecule has 78 valence electrons. The third-order valence-electron chi connectivity index (χ3n) is 2.65. The number of benzene rings is 2. The maximum atomic E-state index is 5.54. The van der Waals surface area contributed by atoms with Crippen LogP contribution in [0.25, 0.3) is 22.1 Å². The van der Waals surface area contributed by atoms with E-state index in [1.54, 1.807) is 0 Å². The molecule has 0 aliphatic rings. The summed E-state index contributed by atoms with van der Waals surface area (Å²) in [6, 6.07) is 16.2. The number of fused-ring (bicyclic) bond motifs is 1. The van der Waals surface area contributed by atoms with E-state index in [9.17, 15) is 0 Å². The van der Waals surface area contributed by atoms with E-state index in [0.29, 0.717) is 0 Å². The summed E-state index contributed by atoms with van der Waals surface area (Å²) in [5.41, 5.74) is 3.21. The zero-order valence-electron chi connectivity index (χ0n) is 8.48. The molecule has 1 aromatic heterocycles. The molecular formula is C14H9BrO. The summed E-state index contributed by atoms with van der Waals surface area (Å²) in [4.78, 5) is 0. The first kappa shape index (κ1) is 9.67. The van der Waals surface area contributed by atoms with Gasteiger partial charge in [0.25, 0.3) is 0 Å². The van der Waals surface area contributed by atoms with Gasteiger partial charge in [0.05, 0.1) is 6.26 Å². The Morgan fingerprint density at radius 3 is 2.44 bits per heavy atom. The van der Waals surface area contributed by atoms with Gasteiger partial charge in [-0.05, 0) is 17.7 Å². The minimum Gasteiger partial charge on any atom is -0.464 e. The summed E-state index contributed by atoms with van der Waals surface area (Å²) in [6.07, 6.45) is 1.81. The Bertz CT molecular complexity index is 640. The molecule has 0 amide bonds. The summed E-state index contributed by atoms with van der Waals surface area (Å²) in [5, 5.41) is 1.15. The Kier molecular flexibility index (Phi) is 2.29. The lowest BCUT2D eigenvalue weighted by atomic mass is 10.1. The van der Waals surface area contributed by atoms with E-state index < -0.39 is 0 Å². The lowest BCUT2D eigenvalue weighted by molar-refractivity contribution is 0.617. The normalized spacial score (nSPS) is 10.8. The van der Waals surface area contributed by atoms with Gasteiger partial charge in [0.2, 0.25) is 0 Å². The Morgan fingerprint density at radius 1 is 0.812 bits per heavy atom.